The minimum absolute atomic E-state index is 0.480. The summed E-state index contributed by atoms with van der Waals surface area (Å²) < 4.78 is 11.4. The molecule has 2 bridgehead atoms. The molecule has 3 saturated carbocycles. The number of methoxy groups -OCH3 is 2. The molecular formula is C19H20O2S2. The first-order valence-corrected chi connectivity index (χ1v) is 9.44. The Hall–Kier alpha value is -1.26. The van der Waals surface area contributed by atoms with Crippen LogP contribution in [0.3, 0.4) is 0 Å². The summed E-state index contributed by atoms with van der Waals surface area (Å²) >= 11 is 4.09. The smallest absolute Gasteiger partial charge is 0.118 e. The molecule has 2 aromatic rings. The molecule has 0 aromatic heterocycles. The summed E-state index contributed by atoms with van der Waals surface area (Å²) in [5.41, 5.74) is 0. The summed E-state index contributed by atoms with van der Waals surface area (Å²) in [6, 6.07) is 16.9. The molecule has 4 heteroatoms. The third kappa shape index (κ3) is 2.83. The van der Waals surface area contributed by atoms with E-state index >= 15 is 0 Å². The van der Waals surface area contributed by atoms with Crippen molar-refractivity contribution in [2.75, 3.05) is 14.2 Å². The van der Waals surface area contributed by atoms with Crippen LogP contribution in [-0.2, 0) is 0 Å². The Balaban J connectivity index is 1.34. The molecule has 23 heavy (non-hydrogen) atoms. The number of benzene rings is 2. The lowest BCUT2D eigenvalue weighted by Gasteiger charge is -2.69. The van der Waals surface area contributed by atoms with E-state index in [1.807, 2.05) is 23.5 Å². The molecule has 2 aromatic carbocycles. The van der Waals surface area contributed by atoms with Gasteiger partial charge in [-0.05, 0) is 67.8 Å². The second kappa shape index (κ2) is 5.67. The van der Waals surface area contributed by atoms with Gasteiger partial charge in [0.15, 0.2) is 0 Å². The van der Waals surface area contributed by atoms with E-state index in [0.717, 1.165) is 11.5 Å². The fourth-order valence-electron chi connectivity index (χ4n) is 3.61. The van der Waals surface area contributed by atoms with Gasteiger partial charge in [0.25, 0.3) is 0 Å². The van der Waals surface area contributed by atoms with Crippen molar-refractivity contribution >= 4 is 23.5 Å². The van der Waals surface area contributed by atoms with Gasteiger partial charge in [0.05, 0.1) is 14.2 Å². The predicted molar refractivity (Wildman–Crippen MR) is 97.0 cm³/mol. The first-order valence-electron chi connectivity index (χ1n) is 7.81. The van der Waals surface area contributed by atoms with Crippen molar-refractivity contribution < 1.29 is 9.47 Å². The van der Waals surface area contributed by atoms with Crippen molar-refractivity contribution in [3.8, 4) is 11.5 Å². The van der Waals surface area contributed by atoms with Crippen LogP contribution in [0.5, 0.6) is 11.5 Å². The van der Waals surface area contributed by atoms with E-state index in [1.165, 1.54) is 29.1 Å². The highest BCUT2D eigenvalue weighted by atomic mass is 32.2. The van der Waals surface area contributed by atoms with Crippen LogP contribution in [0.25, 0.3) is 0 Å². The Bertz CT molecular complexity index is 615. The molecule has 5 rings (SSSR count). The van der Waals surface area contributed by atoms with Gasteiger partial charge < -0.3 is 9.47 Å². The van der Waals surface area contributed by atoms with Crippen molar-refractivity contribution in [3.05, 3.63) is 48.5 Å². The van der Waals surface area contributed by atoms with E-state index in [0.29, 0.717) is 9.49 Å². The third-order valence-electron chi connectivity index (χ3n) is 4.72. The van der Waals surface area contributed by atoms with Gasteiger partial charge in [-0.3, -0.25) is 0 Å². The Kier molecular flexibility index (Phi) is 3.77. The van der Waals surface area contributed by atoms with Crippen molar-refractivity contribution in [1.29, 1.82) is 0 Å². The van der Waals surface area contributed by atoms with E-state index < -0.39 is 0 Å². The van der Waals surface area contributed by atoms with Crippen LogP contribution >= 0.6 is 23.5 Å². The van der Waals surface area contributed by atoms with E-state index in [2.05, 4.69) is 48.5 Å². The number of ether oxygens (including phenoxy) is 2. The Morgan fingerprint density at radius 2 is 1.00 bits per heavy atom. The van der Waals surface area contributed by atoms with Gasteiger partial charge in [0, 0.05) is 19.3 Å². The van der Waals surface area contributed by atoms with Crippen LogP contribution in [0.15, 0.2) is 58.3 Å². The molecule has 0 amide bonds. The van der Waals surface area contributed by atoms with Crippen LogP contribution in [0.2, 0.25) is 0 Å². The second-order valence-electron chi connectivity index (χ2n) is 6.45. The lowest BCUT2D eigenvalue weighted by molar-refractivity contribution is 0.0977. The van der Waals surface area contributed by atoms with Gasteiger partial charge in [0.2, 0.25) is 0 Å². The molecule has 0 heterocycles. The van der Waals surface area contributed by atoms with Gasteiger partial charge in [-0.1, -0.05) is 0 Å². The minimum Gasteiger partial charge on any atom is -0.497 e. The minimum atomic E-state index is 0.480. The second-order valence-corrected chi connectivity index (χ2v) is 9.53. The number of hydrogen-bond donors (Lipinski definition) is 0. The Morgan fingerprint density at radius 3 is 1.30 bits per heavy atom. The van der Waals surface area contributed by atoms with Crippen LogP contribution in [-0.4, -0.2) is 23.7 Å². The van der Waals surface area contributed by atoms with Crippen LogP contribution in [0.4, 0.5) is 0 Å². The van der Waals surface area contributed by atoms with Gasteiger partial charge >= 0.3 is 0 Å². The maximum Gasteiger partial charge on any atom is 0.118 e. The molecule has 0 saturated heterocycles. The number of rotatable bonds is 6. The van der Waals surface area contributed by atoms with Gasteiger partial charge in [-0.2, -0.15) is 0 Å². The topological polar surface area (TPSA) is 18.5 Å². The molecular weight excluding hydrogens is 324 g/mol. The molecule has 3 fully saturated rings. The van der Waals surface area contributed by atoms with E-state index in [-0.39, 0.29) is 0 Å². The summed E-state index contributed by atoms with van der Waals surface area (Å²) in [5.74, 6) is 1.86. The maximum absolute atomic E-state index is 5.23. The fourth-order valence-corrected chi connectivity index (χ4v) is 7.52. The average Bonchev–Trinajstić information content (AvgIpc) is 2.53. The summed E-state index contributed by atoms with van der Waals surface area (Å²) in [6.45, 7) is 0. The van der Waals surface area contributed by atoms with E-state index in [9.17, 15) is 0 Å². The van der Waals surface area contributed by atoms with Crippen molar-refractivity contribution in [2.45, 2.75) is 38.5 Å². The zero-order valence-electron chi connectivity index (χ0n) is 13.4. The quantitative estimate of drug-likeness (QED) is 0.711. The first kappa shape index (κ1) is 15.3. The molecule has 0 N–H and O–H groups in total. The molecule has 0 unspecified atom stereocenters. The monoisotopic (exact) mass is 344 g/mol. The number of thioether (sulfide) groups is 2. The maximum atomic E-state index is 5.23. The van der Waals surface area contributed by atoms with Crippen LogP contribution < -0.4 is 9.47 Å². The van der Waals surface area contributed by atoms with E-state index in [4.69, 9.17) is 9.47 Å². The van der Waals surface area contributed by atoms with Gasteiger partial charge in [-0.25, -0.2) is 0 Å². The molecule has 3 aliphatic carbocycles. The molecule has 0 atom stereocenters. The summed E-state index contributed by atoms with van der Waals surface area (Å²) in [6.07, 6.45) is 3.94. The first-order chi connectivity index (χ1) is 11.1. The molecule has 3 aliphatic rings. The van der Waals surface area contributed by atoms with Crippen molar-refractivity contribution in [3.63, 3.8) is 0 Å². The molecule has 0 aliphatic heterocycles. The summed E-state index contributed by atoms with van der Waals surface area (Å²) in [4.78, 5) is 2.71. The standard InChI is InChI=1S/C19H20O2S2/c1-20-14-3-7-16(8-4-14)22-18-11-19(12-18,13-18)23-17-9-5-15(21-2)6-10-17/h3-10H,11-13H2,1-2H3. The molecule has 2 nitrogen and oxygen atoms in total. The van der Waals surface area contributed by atoms with Crippen molar-refractivity contribution in [1.82, 2.24) is 0 Å². The Morgan fingerprint density at radius 1 is 0.652 bits per heavy atom. The molecule has 0 radical (unpaired) electrons. The van der Waals surface area contributed by atoms with E-state index in [1.54, 1.807) is 14.2 Å². The zero-order valence-corrected chi connectivity index (χ0v) is 15.0. The zero-order chi connectivity index (χ0) is 15.9. The highest BCUT2D eigenvalue weighted by Crippen LogP contribution is 2.75. The normalized spacial score (nSPS) is 27.7. The summed E-state index contributed by atoms with van der Waals surface area (Å²) in [7, 11) is 3.42. The van der Waals surface area contributed by atoms with Crippen molar-refractivity contribution in [2.24, 2.45) is 0 Å². The molecule has 0 spiro atoms. The largest absolute Gasteiger partial charge is 0.497 e. The summed E-state index contributed by atoms with van der Waals surface area (Å²) in [5, 5.41) is 0. The third-order valence-corrected chi connectivity index (χ3v) is 7.47. The lowest BCUT2D eigenvalue weighted by atomic mass is 9.54. The highest BCUT2D eigenvalue weighted by Gasteiger charge is 2.68. The van der Waals surface area contributed by atoms with Gasteiger partial charge in [-0.15, -0.1) is 23.5 Å². The highest BCUT2D eigenvalue weighted by molar-refractivity contribution is 8.03. The fraction of sp³-hybridized carbons (Fsp3) is 0.368. The van der Waals surface area contributed by atoms with Crippen LogP contribution in [0, 0.1) is 0 Å². The van der Waals surface area contributed by atoms with Crippen LogP contribution in [0.1, 0.15) is 19.3 Å². The predicted octanol–water partition coefficient (Wildman–Crippen LogP) is 5.26. The molecule has 120 valence electrons. The van der Waals surface area contributed by atoms with Gasteiger partial charge in [0.1, 0.15) is 11.5 Å². The SMILES string of the molecule is COc1ccc(SC23CC(Sc4ccc(OC)cc4)(C2)C3)cc1. The average molecular weight is 345 g/mol. The lowest BCUT2D eigenvalue weighted by Crippen LogP contribution is -2.68. The Labute approximate surface area is 146 Å². The number of hydrogen-bond acceptors (Lipinski definition) is 4.